The highest BCUT2D eigenvalue weighted by atomic mass is 32.5. The highest BCUT2D eigenvalue weighted by Gasteiger charge is 2.27. The molecule has 0 radical (unpaired) electrons. The van der Waals surface area contributed by atoms with Crippen LogP contribution in [0.1, 0.15) is 37.1 Å². The lowest BCUT2D eigenvalue weighted by Gasteiger charge is -2.33. The fraction of sp³-hybridized carbons (Fsp3) is 0.111. The van der Waals surface area contributed by atoms with E-state index >= 15 is 0 Å². The summed E-state index contributed by atoms with van der Waals surface area (Å²) in [6.07, 6.45) is 0. The van der Waals surface area contributed by atoms with Crippen LogP contribution in [0.5, 0.6) is 0 Å². The van der Waals surface area contributed by atoms with Gasteiger partial charge in [-0.2, -0.15) is 27.0 Å². The van der Waals surface area contributed by atoms with Crippen LogP contribution in [0.25, 0.3) is 42.6 Å². The summed E-state index contributed by atoms with van der Waals surface area (Å²) >= 11 is 0. The van der Waals surface area contributed by atoms with Gasteiger partial charge >= 0.3 is 0 Å². The number of hydrogen-bond donors (Lipinski definition) is 0. The number of nitrogens with zero attached hydrogens (tertiary/aromatic N) is 1. The Kier molecular flexibility index (Phi) is 9.37. The third kappa shape index (κ3) is 5.48. The smallest absolute Gasteiger partial charge is 0.181 e. The third-order valence-corrected chi connectivity index (χ3v) is 11.9. The average molecular weight is 624 g/mol. The molecule has 0 spiro atoms. The van der Waals surface area contributed by atoms with Crippen LogP contribution in [-0.2, 0) is 0 Å². The van der Waals surface area contributed by atoms with E-state index in [0.29, 0.717) is 0 Å². The van der Waals surface area contributed by atoms with E-state index in [1.165, 1.54) is 48.1 Å². The molecular formula is C36H34NOPS3. The Morgan fingerprint density at radius 3 is 1.60 bits per heavy atom. The van der Waals surface area contributed by atoms with Gasteiger partial charge in [0.25, 0.3) is 0 Å². The second-order valence-corrected chi connectivity index (χ2v) is 13.5. The number of fused-ring (bicyclic) bond motifs is 7. The fourth-order valence-electron chi connectivity index (χ4n) is 5.84. The summed E-state index contributed by atoms with van der Waals surface area (Å²) in [4.78, 5) is 0. The molecule has 0 bridgehead atoms. The maximum atomic E-state index is 7.20. The zero-order valence-electron chi connectivity index (χ0n) is 23.6. The largest absolute Gasteiger partial charge is 0.426 e. The quantitative estimate of drug-likeness (QED) is 0.190. The standard InChI is InChI=1S/C36H30NOPS.2H2S/c1-25(27-13-5-3-6-14-27)37(26(2)28-15-7-4-8-16-28)39-38-33-23-21-29-17-9-11-19-31(29)35(33)36-32-20-12-10-18-30(32)22-24-34(36)40-39;;/h3-26H,1-2H3;2*1H2/t25-,26-,39?;;/m1../s1. The van der Waals surface area contributed by atoms with Crippen LogP contribution in [0, 0.1) is 0 Å². The molecule has 1 unspecified atom stereocenters. The van der Waals surface area contributed by atoms with Crippen LogP contribution in [-0.4, -0.2) is 0 Å². The predicted octanol–water partition coefficient (Wildman–Crippen LogP) is 11.8. The van der Waals surface area contributed by atoms with Crippen LogP contribution in [0.15, 0.2) is 138 Å². The normalized spacial score (nSPS) is 13.1. The molecule has 0 saturated carbocycles. The molecule has 0 N–H and O–H groups in total. The molecule has 6 heteroatoms. The van der Waals surface area contributed by atoms with Gasteiger partial charge in [0.1, 0.15) is 5.58 Å². The fourth-order valence-corrected chi connectivity index (χ4v) is 10.3. The Hall–Kier alpha value is -3.18. The Morgan fingerprint density at radius 2 is 1.02 bits per heavy atom. The molecule has 0 saturated heterocycles. The summed E-state index contributed by atoms with van der Waals surface area (Å²) < 4.78 is 11.1. The number of benzene rings is 6. The zero-order chi connectivity index (χ0) is 27.1. The average Bonchev–Trinajstić information content (AvgIpc) is 3.19. The molecule has 0 aliphatic carbocycles. The maximum Gasteiger partial charge on any atom is 0.181 e. The minimum Gasteiger partial charge on any atom is -0.426 e. The molecule has 212 valence electrons. The third-order valence-electron chi connectivity index (χ3n) is 7.93. The molecule has 0 aliphatic rings. The highest BCUT2D eigenvalue weighted by Crippen LogP contribution is 2.51. The van der Waals surface area contributed by atoms with Gasteiger partial charge in [-0.15, -0.1) is 0 Å². The molecule has 2 nitrogen and oxygen atoms in total. The monoisotopic (exact) mass is 623 g/mol. The molecule has 3 atom stereocenters. The molecule has 0 amide bonds. The molecular weight excluding hydrogens is 590 g/mol. The van der Waals surface area contributed by atoms with Crippen LogP contribution >= 0.6 is 45.0 Å². The number of hydrogen-bond acceptors (Lipinski definition) is 3. The summed E-state index contributed by atoms with van der Waals surface area (Å²) in [5.74, 6) is 0. The van der Waals surface area contributed by atoms with Gasteiger partial charge in [-0.25, -0.2) is 4.67 Å². The summed E-state index contributed by atoms with van der Waals surface area (Å²) in [7, 11) is 0.759. The van der Waals surface area contributed by atoms with Crippen molar-refractivity contribution in [1.82, 2.24) is 0 Å². The molecule has 7 rings (SSSR count). The first-order valence-electron chi connectivity index (χ1n) is 13.8. The van der Waals surface area contributed by atoms with Gasteiger partial charge in [0.2, 0.25) is 0 Å². The van der Waals surface area contributed by atoms with Gasteiger partial charge in [0.05, 0.1) is 0 Å². The molecule has 1 heterocycles. The van der Waals surface area contributed by atoms with Crippen LogP contribution in [0.4, 0.5) is 0 Å². The Bertz CT molecular complexity index is 1870. The highest BCUT2D eigenvalue weighted by molar-refractivity contribution is 7.90. The molecule has 6 aromatic carbocycles. The van der Waals surface area contributed by atoms with E-state index in [1.807, 2.05) is 10.9 Å². The van der Waals surface area contributed by atoms with Gasteiger partial charge < -0.3 is 4.20 Å². The van der Waals surface area contributed by atoms with E-state index in [2.05, 4.69) is 152 Å². The Labute approximate surface area is 265 Å². The van der Waals surface area contributed by atoms with Crippen molar-refractivity contribution in [1.29, 1.82) is 0 Å². The molecule has 0 aliphatic heterocycles. The summed E-state index contributed by atoms with van der Waals surface area (Å²) in [6.45, 7) is 4.63. The van der Waals surface area contributed by atoms with Crippen LogP contribution in [0.2, 0.25) is 0 Å². The van der Waals surface area contributed by atoms with E-state index in [0.717, 1.165) is 5.58 Å². The molecule has 42 heavy (non-hydrogen) atoms. The van der Waals surface area contributed by atoms with Gasteiger partial charge in [-0.05, 0) is 58.7 Å². The first-order chi connectivity index (χ1) is 19.7. The number of rotatable bonds is 5. The van der Waals surface area contributed by atoms with E-state index in [9.17, 15) is 0 Å². The minimum absolute atomic E-state index is 0. The van der Waals surface area contributed by atoms with Crippen molar-refractivity contribution in [2.45, 2.75) is 25.9 Å². The Balaban J connectivity index is 0.00000176. The summed E-state index contributed by atoms with van der Waals surface area (Å²) in [6, 6.07) is 48.3. The first-order valence-corrected chi connectivity index (χ1v) is 16.4. The van der Waals surface area contributed by atoms with Crippen molar-refractivity contribution in [2.24, 2.45) is 0 Å². The van der Waals surface area contributed by atoms with Crippen molar-refractivity contribution in [2.75, 3.05) is 4.67 Å². The van der Waals surface area contributed by atoms with E-state index in [4.69, 9.17) is 4.20 Å². The second kappa shape index (κ2) is 13.0. The Morgan fingerprint density at radius 1 is 0.548 bits per heavy atom. The van der Waals surface area contributed by atoms with Gasteiger partial charge in [0, 0.05) is 27.6 Å². The van der Waals surface area contributed by atoms with Crippen LogP contribution in [0.3, 0.4) is 0 Å². The molecule has 1 aromatic heterocycles. The first kappa shape index (κ1) is 30.3. The topological polar surface area (TPSA) is 16.4 Å². The minimum atomic E-state index is -1.12. The SMILES string of the molecule is C[C@H](c1ccccc1)N([C@H](C)c1ccccc1)p1oc2ccc3ccccc3c2c2c(ccc3ccccc32)s1.S.S. The lowest BCUT2D eigenvalue weighted by Crippen LogP contribution is -2.26. The molecule has 7 aromatic rings. The van der Waals surface area contributed by atoms with E-state index < -0.39 is 7.10 Å². The summed E-state index contributed by atoms with van der Waals surface area (Å²) in [5, 5.41) is 7.45. The van der Waals surface area contributed by atoms with Crippen molar-refractivity contribution in [3.8, 4) is 0 Å². The van der Waals surface area contributed by atoms with Crippen molar-refractivity contribution in [3.05, 3.63) is 145 Å². The van der Waals surface area contributed by atoms with Gasteiger partial charge in [-0.1, -0.05) is 132 Å². The lowest BCUT2D eigenvalue weighted by atomic mass is 9.99. The lowest BCUT2D eigenvalue weighted by molar-refractivity contribution is 0.606. The summed E-state index contributed by atoms with van der Waals surface area (Å²) in [5.41, 5.74) is 3.54. The van der Waals surface area contributed by atoms with Crippen LogP contribution < -0.4 is 4.67 Å². The van der Waals surface area contributed by atoms with Crippen molar-refractivity contribution >= 4 is 87.6 Å². The van der Waals surface area contributed by atoms with Gasteiger partial charge in [0.15, 0.2) is 7.10 Å². The molecule has 0 fully saturated rings. The zero-order valence-corrected chi connectivity index (χ0v) is 27.3. The van der Waals surface area contributed by atoms with Crippen molar-refractivity contribution < 1.29 is 4.20 Å². The maximum absolute atomic E-state index is 7.20. The van der Waals surface area contributed by atoms with Gasteiger partial charge in [-0.3, -0.25) is 0 Å². The van der Waals surface area contributed by atoms with E-state index in [1.54, 1.807) is 0 Å². The second-order valence-electron chi connectivity index (χ2n) is 10.3. The predicted molar refractivity (Wildman–Crippen MR) is 196 cm³/mol. The van der Waals surface area contributed by atoms with E-state index in [-0.39, 0.29) is 39.1 Å². The van der Waals surface area contributed by atoms with Crippen molar-refractivity contribution in [3.63, 3.8) is 0 Å².